The smallest absolute Gasteiger partial charge is 0.293 e. The van der Waals surface area contributed by atoms with Crippen molar-refractivity contribution in [3.05, 3.63) is 100 Å². The molecule has 0 amide bonds. The Balaban J connectivity index is 1.61. The van der Waals surface area contributed by atoms with E-state index in [1.54, 1.807) is 0 Å². The number of carbonyl (C=O) groups is 1. The van der Waals surface area contributed by atoms with E-state index in [1.807, 2.05) is 12.1 Å². The van der Waals surface area contributed by atoms with Crippen LogP contribution in [0.1, 0.15) is 98.6 Å². The van der Waals surface area contributed by atoms with Gasteiger partial charge in [-0.1, -0.05) is 112 Å². The number of benzene rings is 3. The zero-order chi connectivity index (χ0) is 27.9. The zero-order valence-electron chi connectivity index (χ0n) is 24.1. The molecule has 0 aliphatic heterocycles. The normalized spacial score (nSPS) is 15.7. The Labute approximate surface area is 234 Å². The third-order valence-corrected chi connectivity index (χ3v) is 8.93. The molecular weight excluding hydrogens is 480 g/mol. The molecule has 0 atom stereocenters. The molecule has 3 aromatic carbocycles. The zero-order valence-corrected chi connectivity index (χ0v) is 24.1. The van der Waals surface area contributed by atoms with Crippen LogP contribution in [0.3, 0.4) is 0 Å². The fourth-order valence-electron chi connectivity index (χ4n) is 6.34. The first-order valence-electron chi connectivity index (χ1n) is 14.6. The lowest BCUT2D eigenvalue weighted by molar-refractivity contribution is -0.129. The highest BCUT2D eigenvalue weighted by molar-refractivity contribution is 5.68. The first-order valence-corrected chi connectivity index (χ1v) is 14.6. The number of ether oxygens (including phenoxy) is 1. The van der Waals surface area contributed by atoms with Crippen molar-refractivity contribution in [2.75, 3.05) is 0 Å². The average Bonchev–Trinajstić information content (AvgIpc) is 3.17. The van der Waals surface area contributed by atoms with Gasteiger partial charge < -0.3 is 9.84 Å². The Hall–Kier alpha value is -3.17. The molecule has 1 saturated carbocycles. The van der Waals surface area contributed by atoms with Crippen molar-refractivity contribution in [2.45, 2.75) is 96.7 Å². The van der Waals surface area contributed by atoms with Gasteiger partial charge in [-0.2, -0.15) is 0 Å². The van der Waals surface area contributed by atoms with Crippen LogP contribution in [0.4, 0.5) is 0 Å². The third-order valence-electron chi connectivity index (χ3n) is 8.93. The molecule has 1 aliphatic rings. The monoisotopic (exact) mass is 524 g/mol. The number of hydrogen-bond donors (Lipinski definition) is 1. The van der Waals surface area contributed by atoms with Gasteiger partial charge in [0, 0.05) is 5.41 Å². The maximum absolute atomic E-state index is 11.1. The number of carbonyl (C=O) groups excluding carboxylic acids is 1. The van der Waals surface area contributed by atoms with Crippen LogP contribution in [-0.4, -0.2) is 17.2 Å². The van der Waals surface area contributed by atoms with Crippen molar-refractivity contribution in [3.8, 4) is 11.1 Å². The van der Waals surface area contributed by atoms with Crippen LogP contribution in [0.2, 0.25) is 0 Å². The number of aliphatic hydroxyl groups is 1. The SMILES string of the molecule is CCC(CC)(c1ccc(/C=C/C2(O)CCCCCC2)c(C)c1)c1ccc(-c2ccc(COC=O)cc2)c(C)c1. The fraction of sp³-hybridized carbons (Fsp3) is 0.417. The molecular formula is C36H44O3. The maximum atomic E-state index is 11.1. The highest BCUT2D eigenvalue weighted by Crippen LogP contribution is 2.41. The van der Waals surface area contributed by atoms with E-state index < -0.39 is 5.60 Å². The molecule has 0 unspecified atom stereocenters. The summed E-state index contributed by atoms with van der Waals surface area (Å²) < 4.78 is 4.88. The molecule has 0 saturated heterocycles. The van der Waals surface area contributed by atoms with Gasteiger partial charge in [-0.05, 0) is 84.0 Å². The van der Waals surface area contributed by atoms with Crippen LogP contribution in [0.25, 0.3) is 17.2 Å². The second-order valence-electron chi connectivity index (χ2n) is 11.3. The molecule has 0 heterocycles. The molecule has 0 aromatic heterocycles. The van der Waals surface area contributed by atoms with Crippen LogP contribution in [0.5, 0.6) is 0 Å². The summed E-state index contributed by atoms with van der Waals surface area (Å²) in [5, 5.41) is 11.1. The minimum absolute atomic E-state index is 0.0637. The van der Waals surface area contributed by atoms with Crippen LogP contribution in [0.15, 0.2) is 66.7 Å². The van der Waals surface area contributed by atoms with E-state index in [4.69, 9.17) is 4.74 Å². The van der Waals surface area contributed by atoms with E-state index in [2.05, 4.69) is 88.4 Å². The van der Waals surface area contributed by atoms with Crippen molar-refractivity contribution >= 4 is 12.5 Å². The van der Waals surface area contributed by atoms with Gasteiger partial charge in [0.2, 0.25) is 0 Å². The van der Waals surface area contributed by atoms with Gasteiger partial charge in [0.1, 0.15) is 6.61 Å². The Kier molecular flexibility index (Phi) is 9.45. The maximum Gasteiger partial charge on any atom is 0.293 e. The quantitative estimate of drug-likeness (QED) is 0.213. The summed E-state index contributed by atoms with van der Waals surface area (Å²) in [6.07, 6.45) is 12.6. The predicted molar refractivity (Wildman–Crippen MR) is 162 cm³/mol. The average molecular weight is 525 g/mol. The minimum Gasteiger partial charge on any atom is -0.463 e. The highest BCUT2D eigenvalue weighted by Gasteiger charge is 2.31. The molecule has 1 N–H and O–H groups in total. The lowest BCUT2D eigenvalue weighted by Gasteiger charge is -2.34. The van der Waals surface area contributed by atoms with Crippen molar-refractivity contribution in [2.24, 2.45) is 0 Å². The molecule has 1 aliphatic carbocycles. The van der Waals surface area contributed by atoms with Gasteiger partial charge in [0.05, 0.1) is 5.60 Å². The van der Waals surface area contributed by atoms with Crippen molar-refractivity contribution in [3.63, 3.8) is 0 Å². The second-order valence-corrected chi connectivity index (χ2v) is 11.3. The Morgan fingerprint density at radius 2 is 1.46 bits per heavy atom. The summed E-state index contributed by atoms with van der Waals surface area (Å²) in [4.78, 5) is 10.5. The van der Waals surface area contributed by atoms with E-state index in [9.17, 15) is 9.90 Å². The van der Waals surface area contributed by atoms with Crippen molar-refractivity contribution < 1.29 is 14.6 Å². The Morgan fingerprint density at radius 3 is 2.03 bits per heavy atom. The van der Waals surface area contributed by atoms with Gasteiger partial charge in [-0.15, -0.1) is 0 Å². The molecule has 3 heteroatoms. The number of rotatable bonds is 10. The molecule has 206 valence electrons. The lowest BCUT2D eigenvalue weighted by atomic mass is 9.69. The van der Waals surface area contributed by atoms with E-state index in [-0.39, 0.29) is 5.41 Å². The number of hydrogen-bond acceptors (Lipinski definition) is 3. The molecule has 3 nitrogen and oxygen atoms in total. The standard InChI is InChI=1S/C36H44O3/c1-5-36(6-2,32-16-15-30(27(3)23-32)19-22-35(38)20-9-7-8-10-21-35)33-17-18-34(28(4)24-33)31-13-11-29(12-14-31)25-39-26-37/h11-19,22-24,26,38H,5-10,20-21,25H2,1-4H3/b22-19+. The summed E-state index contributed by atoms with van der Waals surface area (Å²) in [7, 11) is 0. The molecule has 4 rings (SSSR count). The molecule has 0 bridgehead atoms. The van der Waals surface area contributed by atoms with E-state index in [0.717, 1.165) is 49.7 Å². The second kappa shape index (κ2) is 12.8. The Morgan fingerprint density at radius 1 is 0.846 bits per heavy atom. The largest absolute Gasteiger partial charge is 0.463 e. The van der Waals surface area contributed by atoms with Crippen LogP contribution in [0, 0.1) is 13.8 Å². The summed E-state index contributed by atoms with van der Waals surface area (Å²) in [5.74, 6) is 0. The minimum atomic E-state index is -0.666. The van der Waals surface area contributed by atoms with Gasteiger partial charge in [-0.25, -0.2) is 0 Å². The Bertz CT molecular complexity index is 1270. The van der Waals surface area contributed by atoms with Gasteiger partial charge in [0.25, 0.3) is 6.47 Å². The van der Waals surface area contributed by atoms with Crippen molar-refractivity contribution in [1.82, 2.24) is 0 Å². The highest BCUT2D eigenvalue weighted by atomic mass is 16.5. The first-order chi connectivity index (χ1) is 18.8. The first kappa shape index (κ1) is 28.8. The van der Waals surface area contributed by atoms with Gasteiger partial charge in [-0.3, -0.25) is 4.79 Å². The summed E-state index contributed by atoms with van der Waals surface area (Å²) in [5.41, 5.74) is 9.02. The van der Waals surface area contributed by atoms with E-state index in [0.29, 0.717) is 13.1 Å². The molecule has 39 heavy (non-hydrogen) atoms. The molecule has 1 fully saturated rings. The molecule has 0 radical (unpaired) electrons. The van der Waals surface area contributed by atoms with Crippen LogP contribution in [-0.2, 0) is 21.6 Å². The van der Waals surface area contributed by atoms with E-state index in [1.165, 1.54) is 46.2 Å². The molecule has 3 aromatic rings. The van der Waals surface area contributed by atoms with Crippen LogP contribution < -0.4 is 0 Å². The van der Waals surface area contributed by atoms with Gasteiger partial charge in [0.15, 0.2) is 0 Å². The van der Waals surface area contributed by atoms with Gasteiger partial charge >= 0.3 is 0 Å². The van der Waals surface area contributed by atoms with Crippen LogP contribution >= 0.6 is 0 Å². The summed E-state index contributed by atoms with van der Waals surface area (Å²) in [6.45, 7) is 9.74. The predicted octanol–water partition coefficient (Wildman–Crippen LogP) is 8.85. The third kappa shape index (κ3) is 6.53. The van der Waals surface area contributed by atoms with E-state index >= 15 is 0 Å². The van der Waals surface area contributed by atoms with Crippen molar-refractivity contribution in [1.29, 1.82) is 0 Å². The topological polar surface area (TPSA) is 46.5 Å². The molecule has 0 spiro atoms. The summed E-state index contributed by atoms with van der Waals surface area (Å²) >= 11 is 0. The fourth-order valence-corrected chi connectivity index (χ4v) is 6.34. The lowest BCUT2D eigenvalue weighted by Crippen LogP contribution is -2.26. The summed E-state index contributed by atoms with van der Waals surface area (Å²) in [6, 6.07) is 22.0. The number of aryl methyl sites for hydroxylation is 2.